The summed E-state index contributed by atoms with van der Waals surface area (Å²) in [5.74, 6) is 2.59. The summed E-state index contributed by atoms with van der Waals surface area (Å²) >= 11 is 0. The zero-order valence-corrected chi connectivity index (χ0v) is 6.64. The Balaban J connectivity index is 2.86. The lowest BCUT2D eigenvalue weighted by Crippen LogP contribution is -1.96. The van der Waals surface area contributed by atoms with Crippen molar-refractivity contribution >= 4 is 15.0 Å². The van der Waals surface area contributed by atoms with Gasteiger partial charge in [0.15, 0.2) is 0 Å². The summed E-state index contributed by atoms with van der Waals surface area (Å²) in [6, 6.07) is 0. The third-order valence-electron chi connectivity index (χ3n) is 1.20. The second-order valence-electron chi connectivity index (χ2n) is 2.01. The fraction of sp³-hybridized carbons (Fsp3) is 0.125. The Kier molecular flexibility index (Phi) is 1.81. The summed E-state index contributed by atoms with van der Waals surface area (Å²) in [6.07, 6.45) is 12.4. The van der Waals surface area contributed by atoms with Gasteiger partial charge in [-0.3, -0.25) is 0 Å². The van der Waals surface area contributed by atoms with E-state index in [1.54, 1.807) is 0 Å². The molecule has 0 nitrogen and oxygen atoms in total. The van der Waals surface area contributed by atoms with E-state index in [1.807, 2.05) is 15.9 Å². The third-order valence-corrected chi connectivity index (χ3v) is 1.70. The standard InChI is InChI=1S/C8H8Si/c1-2-7-4-3-5-8(9)6-7/h1,3-4,6H,5,9H2. The fourth-order valence-electron chi connectivity index (χ4n) is 0.754. The van der Waals surface area contributed by atoms with Crippen LogP contribution in [0.2, 0.25) is 0 Å². The van der Waals surface area contributed by atoms with Crippen LogP contribution in [0.3, 0.4) is 0 Å². The number of hydrogen-bond acceptors (Lipinski definition) is 0. The van der Waals surface area contributed by atoms with Crippen molar-refractivity contribution in [3.8, 4) is 12.3 Å². The maximum atomic E-state index is 5.19. The topological polar surface area (TPSA) is 0 Å². The Morgan fingerprint density at radius 3 is 2.89 bits per heavy atom. The van der Waals surface area contributed by atoms with Crippen LogP contribution in [-0.2, 0) is 0 Å². The van der Waals surface area contributed by atoms with Crippen molar-refractivity contribution in [1.82, 2.24) is 0 Å². The Hall–Kier alpha value is -0.873. The molecule has 0 fully saturated rings. The SMILES string of the molecule is C#CC1=CC(=[SiH2])CC=C1. The van der Waals surface area contributed by atoms with Crippen LogP contribution in [0.25, 0.3) is 0 Å². The third kappa shape index (κ3) is 1.51. The van der Waals surface area contributed by atoms with Crippen LogP contribution in [0.1, 0.15) is 6.42 Å². The molecular formula is C8H8Si. The predicted molar refractivity (Wildman–Crippen MR) is 44.2 cm³/mol. The van der Waals surface area contributed by atoms with Gasteiger partial charge in [0.25, 0.3) is 0 Å². The molecule has 9 heavy (non-hydrogen) atoms. The maximum Gasteiger partial charge on any atom is 0.0238 e. The van der Waals surface area contributed by atoms with Crippen molar-refractivity contribution in [1.29, 1.82) is 0 Å². The van der Waals surface area contributed by atoms with E-state index in [2.05, 4.69) is 18.1 Å². The number of allylic oxidation sites excluding steroid dienone is 4. The van der Waals surface area contributed by atoms with Gasteiger partial charge in [-0.2, -0.15) is 0 Å². The van der Waals surface area contributed by atoms with Gasteiger partial charge in [0.2, 0.25) is 0 Å². The van der Waals surface area contributed by atoms with E-state index in [1.165, 1.54) is 5.17 Å². The molecular weight excluding hydrogens is 124 g/mol. The fourth-order valence-corrected chi connectivity index (χ4v) is 1.14. The summed E-state index contributed by atoms with van der Waals surface area (Å²) in [6.45, 7) is 0. The smallest absolute Gasteiger partial charge is 0.0238 e. The minimum atomic E-state index is 0.992. The molecule has 0 heterocycles. The summed E-state index contributed by atoms with van der Waals surface area (Å²) < 4.78 is 0. The minimum Gasteiger partial charge on any atom is -0.115 e. The quantitative estimate of drug-likeness (QED) is 0.329. The molecule has 0 N–H and O–H groups in total. The molecule has 0 spiro atoms. The molecule has 0 radical (unpaired) electrons. The average molecular weight is 132 g/mol. The summed E-state index contributed by atoms with van der Waals surface area (Å²) in [5.41, 5.74) is 0.992. The Bertz CT molecular complexity index is 225. The van der Waals surface area contributed by atoms with E-state index >= 15 is 0 Å². The zero-order chi connectivity index (χ0) is 6.69. The maximum absolute atomic E-state index is 5.19. The predicted octanol–water partition coefficient (Wildman–Crippen LogP) is 0.311. The van der Waals surface area contributed by atoms with Gasteiger partial charge >= 0.3 is 0 Å². The van der Waals surface area contributed by atoms with Crippen LogP contribution in [0.5, 0.6) is 0 Å². The van der Waals surface area contributed by atoms with Gasteiger partial charge in [-0.05, 0) is 22.4 Å². The molecule has 1 aliphatic carbocycles. The number of rotatable bonds is 0. The Labute approximate surface area is 58.3 Å². The highest BCUT2D eigenvalue weighted by Gasteiger charge is 1.93. The summed E-state index contributed by atoms with van der Waals surface area (Å²) in [4.78, 5) is 0. The van der Waals surface area contributed by atoms with E-state index in [0.717, 1.165) is 12.0 Å². The second kappa shape index (κ2) is 2.61. The normalized spacial score (nSPS) is 16.8. The van der Waals surface area contributed by atoms with Crippen molar-refractivity contribution in [2.24, 2.45) is 0 Å². The minimum absolute atomic E-state index is 0.992. The van der Waals surface area contributed by atoms with Crippen molar-refractivity contribution in [3.63, 3.8) is 0 Å². The molecule has 0 amide bonds. The van der Waals surface area contributed by atoms with E-state index in [9.17, 15) is 0 Å². The lowest BCUT2D eigenvalue weighted by atomic mass is 10.1. The lowest BCUT2D eigenvalue weighted by molar-refractivity contribution is 1.48. The van der Waals surface area contributed by atoms with Gasteiger partial charge in [0.05, 0.1) is 0 Å². The molecule has 1 heteroatoms. The highest BCUT2D eigenvalue weighted by Crippen LogP contribution is 2.03. The average Bonchev–Trinajstić information content (AvgIpc) is 1.88. The first-order valence-electron chi connectivity index (χ1n) is 2.85. The van der Waals surface area contributed by atoms with E-state index in [0.29, 0.717) is 0 Å². The second-order valence-corrected chi connectivity index (χ2v) is 2.92. The van der Waals surface area contributed by atoms with Crippen LogP contribution in [0, 0.1) is 12.3 Å². The molecule has 0 unspecified atom stereocenters. The Morgan fingerprint density at radius 2 is 2.44 bits per heavy atom. The molecule has 0 aromatic rings. The van der Waals surface area contributed by atoms with E-state index < -0.39 is 0 Å². The highest BCUT2D eigenvalue weighted by molar-refractivity contribution is 6.42. The Morgan fingerprint density at radius 1 is 1.67 bits per heavy atom. The summed E-state index contributed by atoms with van der Waals surface area (Å²) in [7, 11) is 1.89. The molecule has 0 saturated carbocycles. The molecule has 0 saturated heterocycles. The molecule has 0 bridgehead atoms. The van der Waals surface area contributed by atoms with Gasteiger partial charge in [-0.15, -0.1) is 6.42 Å². The monoisotopic (exact) mass is 132 g/mol. The molecule has 1 aliphatic rings. The molecule has 0 aromatic heterocycles. The molecule has 0 aromatic carbocycles. The van der Waals surface area contributed by atoms with E-state index in [-0.39, 0.29) is 0 Å². The van der Waals surface area contributed by atoms with Crippen LogP contribution in [-0.4, -0.2) is 15.0 Å². The van der Waals surface area contributed by atoms with E-state index in [4.69, 9.17) is 6.42 Å². The van der Waals surface area contributed by atoms with Gasteiger partial charge in [-0.25, -0.2) is 0 Å². The zero-order valence-electron chi connectivity index (χ0n) is 5.22. The van der Waals surface area contributed by atoms with Gasteiger partial charge < -0.3 is 0 Å². The molecule has 0 atom stereocenters. The molecule has 1 rings (SSSR count). The molecule has 44 valence electrons. The number of terminal acetylenes is 1. The van der Waals surface area contributed by atoms with Crippen LogP contribution in [0.4, 0.5) is 0 Å². The highest BCUT2D eigenvalue weighted by atomic mass is 28.1. The first-order valence-corrected chi connectivity index (χ1v) is 3.56. The van der Waals surface area contributed by atoms with Gasteiger partial charge in [0, 0.05) is 5.57 Å². The van der Waals surface area contributed by atoms with Crippen LogP contribution in [0.15, 0.2) is 23.8 Å². The van der Waals surface area contributed by atoms with Crippen LogP contribution < -0.4 is 0 Å². The largest absolute Gasteiger partial charge is 0.115 e. The van der Waals surface area contributed by atoms with Crippen LogP contribution >= 0.6 is 0 Å². The first-order chi connectivity index (χ1) is 4.33. The molecule has 0 aliphatic heterocycles. The van der Waals surface area contributed by atoms with Crippen molar-refractivity contribution < 1.29 is 0 Å². The van der Waals surface area contributed by atoms with Crippen molar-refractivity contribution in [3.05, 3.63) is 23.8 Å². The summed E-state index contributed by atoms with van der Waals surface area (Å²) in [5, 5.41) is 1.37. The number of hydrogen-bond donors (Lipinski definition) is 0. The van der Waals surface area contributed by atoms with Gasteiger partial charge in [-0.1, -0.05) is 23.2 Å². The first kappa shape index (κ1) is 6.25. The van der Waals surface area contributed by atoms with Gasteiger partial charge in [0.1, 0.15) is 0 Å². The van der Waals surface area contributed by atoms with Crippen molar-refractivity contribution in [2.45, 2.75) is 6.42 Å². The lowest BCUT2D eigenvalue weighted by Gasteiger charge is -2.01. The van der Waals surface area contributed by atoms with Crippen molar-refractivity contribution in [2.75, 3.05) is 0 Å².